The number of likely N-dealkylation sites (tertiary alicyclic amines) is 1. The Bertz CT molecular complexity index is 777. The van der Waals surface area contributed by atoms with Gasteiger partial charge in [0.05, 0.1) is 0 Å². The van der Waals surface area contributed by atoms with Crippen LogP contribution in [0.1, 0.15) is 53.0 Å². The summed E-state index contributed by atoms with van der Waals surface area (Å²) < 4.78 is 0. The van der Waals surface area contributed by atoms with Gasteiger partial charge in [0.1, 0.15) is 5.82 Å². The lowest BCUT2D eigenvalue weighted by Crippen LogP contribution is -2.48. The van der Waals surface area contributed by atoms with Gasteiger partial charge in [-0.2, -0.15) is 4.98 Å². The first-order valence-corrected chi connectivity index (χ1v) is 10.1. The molecule has 1 fully saturated rings. The van der Waals surface area contributed by atoms with Gasteiger partial charge >= 0.3 is 6.03 Å². The van der Waals surface area contributed by atoms with E-state index in [2.05, 4.69) is 53.9 Å². The van der Waals surface area contributed by atoms with E-state index >= 15 is 0 Å². The first kappa shape index (κ1) is 20.2. The molecule has 2 aliphatic heterocycles. The van der Waals surface area contributed by atoms with Gasteiger partial charge in [0, 0.05) is 48.7 Å². The van der Waals surface area contributed by atoms with Crippen LogP contribution >= 0.6 is 0 Å². The molecule has 0 radical (unpaired) electrons. The summed E-state index contributed by atoms with van der Waals surface area (Å²) in [5.41, 5.74) is 3.14. The molecule has 7 nitrogen and oxygen atoms in total. The van der Waals surface area contributed by atoms with Crippen LogP contribution in [0, 0.1) is 0 Å². The third-order valence-electron chi connectivity index (χ3n) is 5.19. The summed E-state index contributed by atoms with van der Waals surface area (Å²) >= 11 is 0. The third-order valence-corrected chi connectivity index (χ3v) is 5.19. The van der Waals surface area contributed by atoms with Crippen molar-refractivity contribution in [1.82, 2.24) is 20.2 Å². The van der Waals surface area contributed by atoms with Gasteiger partial charge in [0.2, 0.25) is 5.95 Å². The predicted octanol–water partition coefficient (Wildman–Crippen LogP) is 3.62. The molecule has 3 heterocycles. The molecule has 1 saturated heterocycles. The highest BCUT2D eigenvalue weighted by atomic mass is 16.2. The highest BCUT2D eigenvalue weighted by molar-refractivity contribution is 5.77. The van der Waals surface area contributed by atoms with Crippen LogP contribution < -0.4 is 15.5 Å². The molecule has 7 heteroatoms. The molecule has 0 spiro atoms. The first-order chi connectivity index (χ1) is 13.3. The third kappa shape index (κ3) is 4.29. The zero-order valence-corrected chi connectivity index (χ0v) is 17.6. The average molecular weight is 385 g/mol. The van der Waals surface area contributed by atoms with Crippen molar-refractivity contribution in [3.63, 3.8) is 0 Å². The van der Waals surface area contributed by atoms with Gasteiger partial charge in [-0.05, 0) is 59.1 Å². The number of nitrogens with zero attached hydrogens (tertiary/aromatic N) is 4. The number of carbonyl (C=O) groups excluding carboxylic acids is 1. The largest absolute Gasteiger partial charge is 0.351 e. The van der Waals surface area contributed by atoms with Crippen LogP contribution in [0.2, 0.25) is 0 Å². The zero-order chi connectivity index (χ0) is 20.4. The van der Waals surface area contributed by atoms with Crippen LogP contribution in [0.3, 0.4) is 0 Å². The van der Waals surface area contributed by atoms with E-state index in [1.165, 1.54) is 0 Å². The molecule has 0 bridgehead atoms. The quantitative estimate of drug-likeness (QED) is 0.829. The molecular weight excluding hydrogens is 352 g/mol. The minimum Gasteiger partial charge on any atom is -0.351 e. The fourth-order valence-corrected chi connectivity index (χ4v) is 3.68. The SMILES string of the molecule is C=C1C(C)=Cc2cnc(NC3CCN(C(=O)NC(C)C)CC3)nc2N1C(C)C. The highest BCUT2D eigenvalue weighted by Crippen LogP contribution is 2.34. The molecule has 1 aromatic rings. The summed E-state index contributed by atoms with van der Waals surface area (Å²) in [7, 11) is 0. The van der Waals surface area contributed by atoms with Gasteiger partial charge in [0.25, 0.3) is 0 Å². The standard InChI is InChI=1S/C21H32N6O/c1-13(2)23-21(28)26-9-7-18(8-10-26)24-20-22-12-17-11-15(5)16(6)27(14(3)4)19(17)25-20/h11-14,18H,6-10H2,1-5H3,(H,23,28)(H,22,24,25). The monoisotopic (exact) mass is 384 g/mol. The maximum Gasteiger partial charge on any atom is 0.317 e. The minimum atomic E-state index is 0.0201. The molecule has 0 saturated carbocycles. The molecule has 2 amide bonds. The first-order valence-electron chi connectivity index (χ1n) is 10.1. The number of fused-ring (bicyclic) bond motifs is 1. The topological polar surface area (TPSA) is 73.4 Å². The second-order valence-corrected chi connectivity index (χ2v) is 8.22. The fourth-order valence-electron chi connectivity index (χ4n) is 3.68. The molecule has 152 valence electrons. The van der Waals surface area contributed by atoms with Gasteiger partial charge in [-0.15, -0.1) is 0 Å². The molecule has 1 aromatic heterocycles. The van der Waals surface area contributed by atoms with Crippen LogP contribution in [-0.2, 0) is 0 Å². The van der Waals surface area contributed by atoms with E-state index in [-0.39, 0.29) is 24.2 Å². The van der Waals surface area contributed by atoms with E-state index in [0.29, 0.717) is 5.95 Å². The lowest BCUT2D eigenvalue weighted by Gasteiger charge is -2.35. The van der Waals surface area contributed by atoms with Gasteiger partial charge in [-0.1, -0.05) is 6.58 Å². The summed E-state index contributed by atoms with van der Waals surface area (Å²) in [4.78, 5) is 25.5. The van der Waals surface area contributed by atoms with Gasteiger partial charge in [-0.25, -0.2) is 9.78 Å². The number of urea groups is 1. The van der Waals surface area contributed by atoms with Crippen LogP contribution in [0.5, 0.6) is 0 Å². The number of piperidine rings is 1. The molecule has 0 aromatic carbocycles. The molecule has 2 aliphatic rings. The second-order valence-electron chi connectivity index (χ2n) is 8.22. The highest BCUT2D eigenvalue weighted by Gasteiger charge is 2.26. The Balaban J connectivity index is 1.67. The lowest BCUT2D eigenvalue weighted by molar-refractivity contribution is 0.181. The van der Waals surface area contributed by atoms with Crippen molar-refractivity contribution in [2.75, 3.05) is 23.3 Å². The van der Waals surface area contributed by atoms with Crippen molar-refractivity contribution in [1.29, 1.82) is 0 Å². The Kier molecular flexibility index (Phi) is 5.91. The number of aromatic nitrogens is 2. The van der Waals surface area contributed by atoms with Crippen LogP contribution in [0.25, 0.3) is 6.08 Å². The van der Waals surface area contributed by atoms with Gasteiger partial charge in [0.15, 0.2) is 0 Å². The number of rotatable bonds is 4. The van der Waals surface area contributed by atoms with Crippen molar-refractivity contribution in [2.45, 2.75) is 65.6 Å². The smallest absolute Gasteiger partial charge is 0.317 e. The van der Waals surface area contributed by atoms with E-state index in [1.807, 2.05) is 24.9 Å². The van der Waals surface area contributed by atoms with Crippen LogP contribution in [0.4, 0.5) is 16.6 Å². The van der Waals surface area contributed by atoms with Crippen LogP contribution in [-0.4, -0.2) is 52.1 Å². The Morgan fingerprint density at radius 1 is 1.25 bits per heavy atom. The Morgan fingerprint density at radius 3 is 2.54 bits per heavy atom. The number of nitrogens with one attached hydrogen (secondary N) is 2. The molecule has 3 rings (SSSR count). The van der Waals surface area contributed by atoms with E-state index in [1.54, 1.807) is 0 Å². The Hall–Kier alpha value is -2.57. The molecule has 28 heavy (non-hydrogen) atoms. The number of carbonyl (C=O) groups is 1. The molecule has 0 aliphatic carbocycles. The number of hydrogen-bond donors (Lipinski definition) is 2. The number of hydrogen-bond acceptors (Lipinski definition) is 5. The normalized spacial score (nSPS) is 17.7. The maximum atomic E-state index is 12.1. The lowest BCUT2D eigenvalue weighted by atomic mass is 10.0. The fraction of sp³-hybridized carbons (Fsp3) is 0.571. The Labute approximate surface area is 167 Å². The summed E-state index contributed by atoms with van der Waals surface area (Å²) in [6.07, 6.45) is 5.73. The van der Waals surface area contributed by atoms with Gasteiger partial charge in [-0.3, -0.25) is 0 Å². The van der Waals surface area contributed by atoms with Gasteiger partial charge < -0.3 is 20.4 Å². The van der Waals surface area contributed by atoms with Crippen molar-refractivity contribution < 1.29 is 4.79 Å². The minimum absolute atomic E-state index is 0.0201. The Morgan fingerprint density at radius 2 is 1.93 bits per heavy atom. The summed E-state index contributed by atoms with van der Waals surface area (Å²) in [5.74, 6) is 1.53. The van der Waals surface area contributed by atoms with Crippen LogP contribution in [0.15, 0.2) is 24.0 Å². The zero-order valence-electron chi connectivity index (χ0n) is 17.6. The average Bonchev–Trinajstić information content (AvgIpc) is 2.62. The number of amides is 2. The number of anilines is 2. The maximum absolute atomic E-state index is 12.1. The number of allylic oxidation sites excluding steroid dienone is 1. The van der Waals surface area contributed by atoms with Crippen molar-refractivity contribution in [3.05, 3.63) is 29.6 Å². The van der Waals surface area contributed by atoms with Crippen molar-refractivity contribution >= 4 is 23.9 Å². The molecule has 2 N–H and O–H groups in total. The molecule has 0 unspecified atom stereocenters. The van der Waals surface area contributed by atoms with E-state index in [0.717, 1.165) is 48.6 Å². The molecular formula is C21H32N6O. The van der Waals surface area contributed by atoms with Crippen molar-refractivity contribution in [2.24, 2.45) is 0 Å². The summed E-state index contributed by atoms with van der Waals surface area (Å²) in [5, 5.41) is 6.42. The van der Waals surface area contributed by atoms with E-state index in [9.17, 15) is 4.79 Å². The molecule has 0 atom stereocenters. The summed E-state index contributed by atoms with van der Waals surface area (Å²) in [6, 6.07) is 0.702. The second kappa shape index (κ2) is 8.20. The summed E-state index contributed by atoms with van der Waals surface area (Å²) in [6.45, 7) is 16.0. The van der Waals surface area contributed by atoms with E-state index < -0.39 is 0 Å². The van der Waals surface area contributed by atoms with Crippen molar-refractivity contribution in [3.8, 4) is 0 Å². The predicted molar refractivity (Wildman–Crippen MR) is 114 cm³/mol. The van der Waals surface area contributed by atoms with E-state index in [4.69, 9.17) is 4.98 Å².